The summed E-state index contributed by atoms with van der Waals surface area (Å²) in [6.07, 6.45) is 1.89. The third-order valence-electron chi connectivity index (χ3n) is 7.68. The average molecular weight is 567 g/mol. The minimum atomic E-state index is -2.87. The minimum absolute atomic E-state index is 0.234. The van der Waals surface area contributed by atoms with Gasteiger partial charge in [0.05, 0.1) is 11.4 Å². The van der Waals surface area contributed by atoms with Crippen molar-refractivity contribution in [1.82, 2.24) is 0 Å². The highest BCUT2D eigenvalue weighted by atomic mass is 31.2. The molecule has 0 fully saturated rings. The Bertz CT molecular complexity index is 1640. The van der Waals surface area contributed by atoms with E-state index in [2.05, 4.69) is 65.8 Å². The van der Waals surface area contributed by atoms with E-state index in [4.69, 9.17) is 9.74 Å². The summed E-state index contributed by atoms with van der Waals surface area (Å²) in [5, 5.41) is 24.4. The Hall–Kier alpha value is -3.62. The van der Waals surface area contributed by atoms with Crippen molar-refractivity contribution in [3.8, 4) is 11.5 Å². The maximum atomic E-state index is 11.7. The summed E-state index contributed by atoms with van der Waals surface area (Å²) < 4.78 is 5.66. The van der Waals surface area contributed by atoms with Gasteiger partial charge in [-0.3, -0.25) is 9.74 Å². The van der Waals surface area contributed by atoms with Gasteiger partial charge in [0.2, 0.25) is 0 Å². The third kappa shape index (κ3) is 5.76. The van der Waals surface area contributed by atoms with Crippen LogP contribution >= 0.6 is 7.05 Å². The van der Waals surface area contributed by atoms with Gasteiger partial charge in [0.15, 0.2) is 0 Å². The number of rotatable bonds is 5. The van der Waals surface area contributed by atoms with E-state index in [9.17, 15) is 10.2 Å². The second-order valence-corrected chi connectivity index (χ2v) is 16.1. The lowest BCUT2D eigenvalue weighted by Gasteiger charge is -2.39. The molecule has 2 N–H and O–H groups in total. The molecule has 0 aliphatic carbocycles. The summed E-state index contributed by atoms with van der Waals surface area (Å²) in [6.45, 7) is 20.7. The van der Waals surface area contributed by atoms with Crippen molar-refractivity contribution in [3.63, 3.8) is 0 Å². The van der Waals surface area contributed by atoms with Crippen molar-refractivity contribution in [2.45, 2.75) is 74.4 Å². The minimum Gasteiger partial charge on any atom is -0.507 e. The van der Waals surface area contributed by atoms with E-state index in [1.807, 2.05) is 70.3 Å². The SMILES string of the molecule is Cc1cc(C)c(N=Cc2ccccc2N=P(c2cc(C)cc(C)c2O)(c2cc(C)cc(C)c2O)C(C)(C)C)c(C)c1. The van der Waals surface area contributed by atoms with Crippen LogP contribution in [0.15, 0.2) is 70.4 Å². The van der Waals surface area contributed by atoms with Crippen LogP contribution in [0.3, 0.4) is 0 Å². The number of hydrogen-bond donors (Lipinski definition) is 2. The van der Waals surface area contributed by atoms with Crippen molar-refractivity contribution in [3.05, 3.63) is 105 Å². The summed E-state index contributed by atoms with van der Waals surface area (Å²) in [4.78, 5) is 4.94. The molecular formula is C36H43N2O2P. The van der Waals surface area contributed by atoms with Crippen LogP contribution in [0.2, 0.25) is 0 Å². The van der Waals surface area contributed by atoms with Crippen LogP contribution in [0.4, 0.5) is 11.4 Å². The van der Waals surface area contributed by atoms with Crippen LogP contribution in [0.5, 0.6) is 11.5 Å². The lowest BCUT2D eigenvalue weighted by molar-refractivity contribution is 0.474. The molecule has 0 radical (unpaired) electrons. The predicted molar refractivity (Wildman–Crippen MR) is 178 cm³/mol. The van der Waals surface area contributed by atoms with Crippen molar-refractivity contribution in [2.24, 2.45) is 9.74 Å². The molecule has 0 saturated carbocycles. The Labute approximate surface area is 245 Å². The molecule has 4 nitrogen and oxygen atoms in total. The predicted octanol–water partition coefficient (Wildman–Crippen LogP) is 9.29. The van der Waals surface area contributed by atoms with Gasteiger partial charge < -0.3 is 10.2 Å². The van der Waals surface area contributed by atoms with Gasteiger partial charge in [-0.05, 0) is 100 Å². The number of hydrogen-bond acceptors (Lipinski definition) is 4. The molecule has 0 amide bonds. The van der Waals surface area contributed by atoms with E-state index < -0.39 is 12.2 Å². The maximum absolute atomic E-state index is 11.7. The molecule has 0 aliphatic heterocycles. The smallest absolute Gasteiger partial charge is 0.127 e. The van der Waals surface area contributed by atoms with E-state index in [0.29, 0.717) is 0 Å². The summed E-state index contributed by atoms with van der Waals surface area (Å²) in [6, 6.07) is 20.4. The third-order valence-corrected chi connectivity index (χ3v) is 12.2. The fraction of sp³-hybridized carbons (Fsp3) is 0.306. The second kappa shape index (κ2) is 11.3. The quantitative estimate of drug-likeness (QED) is 0.187. The first-order valence-electron chi connectivity index (χ1n) is 14.1. The van der Waals surface area contributed by atoms with Gasteiger partial charge in [-0.1, -0.05) is 68.8 Å². The lowest BCUT2D eigenvalue weighted by Crippen LogP contribution is -2.32. The topological polar surface area (TPSA) is 65.2 Å². The molecule has 0 saturated heterocycles. The summed E-state index contributed by atoms with van der Waals surface area (Å²) in [7, 11) is -2.87. The van der Waals surface area contributed by atoms with Crippen molar-refractivity contribution in [2.75, 3.05) is 0 Å². The van der Waals surface area contributed by atoms with Crippen LogP contribution < -0.4 is 10.6 Å². The van der Waals surface area contributed by atoms with Gasteiger partial charge in [-0.15, -0.1) is 0 Å². The number of phenolic OH excluding ortho intramolecular Hbond substituents is 2. The molecule has 0 aromatic heterocycles. The van der Waals surface area contributed by atoms with Crippen LogP contribution in [-0.2, 0) is 0 Å². The Morgan fingerprint density at radius 2 is 1.07 bits per heavy atom. The van der Waals surface area contributed by atoms with Gasteiger partial charge in [-0.25, -0.2) is 0 Å². The summed E-state index contributed by atoms with van der Waals surface area (Å²) in [5.41, 5.74) is 9.78. The first kappa shape index (κ1) is 30.3. The molecule has 214 valence electrons. The summed E-state index contributed by atoms with van der Waals surface area (Å²) >= 11 is 0. The standard InChI is InChI=1S/C36H43N2O2P/c1-22-15-25(4)33(26(5)16-22)37-21-29-13-11-12-14-30(29)38-41(36(8,9)10,31-19-23(2)17-27(6)34(31)39)32-20-24(3)18-28(7)35(32)40/h11-21,39-40H,1-10H3. The fourth-order valence-corrected chi connectivity index (χ4v) is 10.3. The highest BCUT2D eigenvalue weighted by molar-refractivity contribution is 7.82. The average Bonchev–Trinajstić information content (AvgIpc) is 2.86. The van der Waals surface area contributed by atoms with E-state index in [-0.39, 0.29) is 11.5 Å². The highest BCUT2D eigenvalue weighted by Gasteiger charge is 2.42. The molecule has 0 atom stereocenters. The molecular weight excluding hydrogens is 523 g/mol. The molecule has 0 bridgehead atoms. The Morgan fingerprint density at radius 3 is 1.56 bits per heavy atom. The Kier molecular flexibility index (Phi) is 8.39. The first-order valence-corrected chi connectivity index (χ1v) is 15.8. The van der Waals surface area contributed by atoms with Crippen LogP contribution in [0.1, 0.15) is 65.3 Å². The number of phenols is 2. The number of aryl methyl sites for hydroxylation is 7. The first-order chi connectivity index (χ1) is 19.2. The zero-order valence-corrected chi connectivity index (χ0v) is 27.0. The molecule has 0 unspecified atom stereocenters. The van der Waals surface area contributed by atoms with Gasteiger partial charge in [-0.2, -0.15) is 0 Å². The van der Waals surface area contributed by atoms with Crippen LogP contribution in [0.25, 0.3) is 0 Å². The largest absolute Gasteiger partial charge is 0.507 e. The van der Waals surface area contributed by atoms with Crippen molar-refractivity contribution in [1.29, 1.82) is 0 Å². The zero-order chi connectivity index (χ0) is 30.3. The van der Waals surface area contributed by atoms with Gasteiger partial charge in [0.25, 0.3) is 0 Å². The molecule has 0 spiro atoms. The molecule has 4 rings (SSSR count). The molecule has 0 heterocycles. The molecule has 4 aromatic rings. The normalized spacial score (nSPS) is 12.2. The zero-order valence-electron chi connectivity index (χ0n) is 26.1. The monoisotopic (exact) mass is 566 g/mol. The van der Waals surface area contributed by atoms with E-state index >= 15 is 0 Å². The van der Waals surface area contributed by atoms with E-state index in [0.717, 1.165) is 60.9 Å². The fourth-order valence-electron chi connectivity index (χ4n) is 5.84. The Balaban J connectivity index is 2.15. The molecule has 0 aliphatic rings. The highest BCUT2D eigenvalue weighted by Crippen LogP contribution is 2.64. The van der Waals surface area contributed by atoms with E-state index in [1.54, 1.807) is 0 Å². The lowest BCUT2D eigenvalue weighted by atomic mass is 10.1. The molecule has 5 heteroatoms. The number of aromatic hydroxyl groups is 2. The van der Waals surface area contributed by atoms with Crippen LogP contribution in [0, 0.1) is 48.5 Å². The van der Waals surface area contributed by atoms with Crippen molar-refractivity contribution < 1.29 is 10.2 Å². The van der Waals surface area contributed by atoms with Gasteiger partial charge in [0.1, 0.15) is 11.5 Å². The van der Waals surface area contributed by atoms with E-state index in [1.165, 1.54) is 5.56 Å². The maximum Gasteiger partial charge on any atom is 0.127 e. The van der Waals surface area contributed by atoms with Crippen LogP contribution in [-0.4, -0.2) is 21.6 Å². The number of nitrogens with zero attached hydrogens (tertiary/aromatic N) is 2. The molecule has 4 aromatic carbocycles. The second-order valence-electron chi connectivity index (χ2n) is 12.4. The summed E-state index contributed by atoms with van der Waals surface area (Å²) in [5.74, 6) is 0.469. The van der Waals surface area contributed by atoms with Gasteiger partial charge in [0, 0.05) is 34.6 Å². The molecule has 41 heavy (non-hydrogen) atoms. The van der Waals surface area contributed by atoms with Crippen molar-refractivity contribution >= 4 is 35.3 Å². The Morgan fingerprint density at radius 1 is 0.634 bits per heavy atom. The number of benzene rings is 4. The number of aliphatic imine (C=N–C) groups is 1. The van der Waals surface area contributed by atoms with Gasteiger partial charge >= 0.3 is 0 Å².